The molecule has 0 aromatic heterocycles. The molecule has 1 aromatic carbocycles. The first-order valence-electron chi connectivity index (χ1n) is 4.67. The highest BCUT2D eigenvalue weighted by Gasteiger charge is 2.05. The van der Waals surface area contributed by atoms with Crippen molar-refractivity contribution >= 4 is 17.2 Å². The lowest BCUT2D eigenvalue weighted by molar-refractivity contribution is 0.101. The molecular weight excluding hydrogens is 176 g/mol. The van der Waals surface area contributed by atoms with Crippen LogP contribution < -0.4 is 11.1 Å². The van der Waals surface area contributed by atoms with Gasteiger partial charge in [0, 0.05) is 23.0 Å². The van der Waals surface area contributed by atoms with Crippen molar-refractivity contribution in [3.63, 3.8) is 0 Å². The summed E-state index contributed by atoms with van der Waals surface area (Å²) in [5.41, 5.74) is 7.72. The van der Waals surface area contributed by atoms with Gasteiger partial charge in [0.25, 0.3) is 0 Å². The highest BCUT2D eigenvalue weighted by atomic mass is 16.1. The predicted molar refractivity (Wildman–Crippen MR) is 59.6 cm³/mol. The largest absolute Gasteiger partial charge is 0.398 e. The molecule has 0 radical (unpaired) electrons. The number of nitrogen functional groups attached to an aromatic ring is 1. The van der Waals surface area contributed by atoms with E-state index in [2.05, 4.69) is 5.32 Å². The second kappa shape index (κ2) is 4.13. The Labute approximate surface area is 84.3 Å². The summed E-state index contributed by atoms with van der Waals surface area (Å²) < 4.78 is 0. The summed E-state index contributed by atoms with van der Waals surface area (Å²) in [6.45, 7) is 5.61. The quantitative estimate of drug-likeness (QED) is 0.570. The number of benzene rings is 1. The fourth-order valence-electron chi connectivity index (χ4n) is 1.28. The number of hydrogen-bond acceptors (Lipinski definition) is 3. The molecule has 0 heterocycles. The molecule has 3 nitrogen and oxygen atoms in total. The van der Waals surface area contributed by atoms with Gasteiger partial charge in [-0.3, -0.25) is 4.79 Å². The van der Waals surface area contributed by atoms with Crippen LogP contribution in [-0.2, 0) is 0 Å². The van der Waals surface area contributed by atoms with Gasteiger partial charge in [0.05, 0.1) is 0 Å². The number of anilines is 2. The number of nitrogens with one attached hydrogen (secondary N) is 1. The molecule has 14 heavy (non-hydrogen) atoms. The third-order valence-corrected chi connectivity index (χ3v) is 1.89. The predicted octanol–water partition coefficient (Wildman–Crippen LogP) is 2.29. The highest BCUT2D eigenvalue weighted by Crippen LogP contribution is 2.18. The monoisotopic (exact) mass is 192 g/mol. The van der Waals surface area contributed by atoms with Crippen molar-refractivity contribution in [3.05, 3.63) is 23.8 Å². The summed E-state index contributed by atoms with van der Waals surface area (Å²) in [6.07, 6.45) is 0. The number of carbonyl (C=O) groups excluding carboxylic acids is 1. The van der Waals surface area contributed by atoms with Gasteiger partial charge in [0.15, 0.2) is 5.78 Å². The van der Waals surface area contributed by atoms with Crippen LogP contribution in [0.2, 0.25) is 0 Å². The smallest absolute Gasteiger partial charge is 0.161 e. The lowest BCUT2D eigenvalue weighted by Gasteiger charge is -2.11. The molecule has 76 valence electrons. The fraction of sp³-hybridized carbons (Fsp3) is 0.364. The number of hydrogen-bond donors (Lipinski definition) is 2. The normalized spacial score (nSPS) is 10.3. The Hall–Kier alpha value is -1.51. The minimum absolute atomic E-state index is 0.00472. The fourth-order valence-corrected chi connectivity index (χ4v) is 1.28. The van der Waals surface area contributed by atoms with Gasteiger partial charge >= 0.3 is 0 Å². The Balaban J connectivity index is 3.00. The topological polar surface area (TPSA) is 55.1 Å². The maximum absolute atomic E-state index is 11.2. The summed E-state index contributed by atoms with van der Waals surface area (Å²) in [4.78, 5) is 11.2. The third-order valence-electron chi connectivity index (χ3n) is 1.89. The molecular formula is C11H16N2O. The number of carbonyl (C=O) groups is 1. The molecule has 3 heteroatoms. The molecule has 0 aliphatic rings. The maximum atomic E-state index is 11.2. The zero-order valence-corrected chi connectivity index (χ0v) is 8.79. The first kappa shape index (κ1) is 10.6. The lowest BCUT2D eigenvalue weighted by atomic mass is 10.1. The summed E-state index contributed by atoms with van der Waals surface area (Å²) in [5, 5.41) is 3.22. The van der Waals surface area contributed by atoms with Gasteiger partial charge in [-0.1, -0.05) is 0 Å². The van der Waals surface area contributed by atoms with Crippen molar-refractivity contribution < 1.29 is 4.79 Å². The average molecular weight is 192 g/mol. The molecule has 1 aromatic rings. The summed E-state index contributed by atoms with van der Waals surface area (Å²) in [6, 6.07) is 5.76. The summed E-state index contributed by atoms with van der Waals surface area (Å²) in [5.74, 6) is -0.00472. The SMILES string of the molecule is CC(=O)c1cc(NC(C)C)ccc1N. The molecule has 0 fully saturated rings. The van der Waals surface area contributed by atoms with E-state index in [-0.39, 0.29) is 5.78 Å². The van der Waals surface area contributed by atoms with E-state index in [0.717, 1.165) is 5.69 Å². The van der Waals surface area contributed by atoms with Crippen LogP contribution in [0.15, 0.2) is 18.2 Å². The Morgan fingerprint density at radius 3 is 2.57 bits per heavy atom. The van der Waals surface area contributed by atoms with Crippen LogP contribution in [-0.4, -0.2) is 11.8 Å². The van der Waals surface area contributed by atoms with Crippen molar-refractivity contribution in [1.82, 2.24) is 0 Å². The van der Waals surface area contributed by atoms with Gasteiger partial charge in [0.1, 0.15) is 0 Å². The molecule has 0 spiro atoms. The van der Waals surface area contributed by atoms with Gasteiger partial charge in [-0.25, -0.2) is 0 Å². The highest BCUT2D eigenvalue weighted by molar-refractivity contribution is 6.00. The van der Waals surface area contributed by atoms with E-state index < -0.39 is 0 Å². The number of nitrogens with two attached hydrogens (primary N) is 1. The van der Waals surface area contributed by atoms with E-state index in [1.54, 1.807) is 12.1 Å². The van der Waals surface area contributed by atoms with Crippen LogP contribution in [0.4, 0.5) is 11.4 Å². The zero-order chi connectivity index (χ0) is 10.7. The van der Waals surface area contributed by atoms with Crippen LogP contribution in [0.3, 0.4) is 0 Å². The number of rotatable bonds is 3. The third kappa shape index (κ3) is 2.49. The molecule has 0 saturated heterocycles. The van der Waals surface area contributed by atoms with E-state index in [1.165, 1.54) is 6.92 Å². The van der Waals surface area contributed by atoms with Crippen molar-refractivity contribution in [2.24, 2.45) is 0 Å². The van der Waals surface area contributed by atoms with E-state index in [0.29, 0.717) is 17.3 Å². The van der Waals surface area contributed by atoms with E-state index >= 15 is 0 Å². The second-order valence-corrected chi connectivity index (χ2v) is 3.66. The van der Waals surface area contributed by atoms with E-state index in [1.807, 2.05) is 19.9 Å². The lowest BCUT2D eigenvalue weighted by Crippen LogP contribution is -2.10. The van der Waals surface area contributed by atoms with E-state index in [4.69, 9.17) is 5.73 Å². The van der Waals surface area contributed by atoms with Gasteiger partial charge in [-0.15, -0.1) is 0 Å². The van der Waals surface area contributed by atoms with Crippen LogP contribution in [0.1, 0.15) is 31.1 Å². The first-order valence-corrected chi connectivity index (χ1v) is 4.67. The molecule has 1 rings (SSSR count). The summed E-state index contributed by atoms with van der Waals surface area (Å²) >= 11 is 0. The van der Waals surface area contributed by atoms with Crippen molar-refractivity contribution in [3.8, 4) is 0 Å². The van der Waals surface area contributed by atoms with Gasteiger partial charge in [-0.2, -0.15) is 0 Å². The average Bonchev–Trinajstić information content (AvgIpc) is 2.07. The molecule has 3 N–H and O–H groups in total. The van der Waals surface area contributed by atoms with Crippen molar-refractivity contribution in [2.45, 2.75) is 26.8 Å². The molecule has 0 atom stereocenters. The maximum Gasteiger partial charge on any atom is 0.161 e. The van der Waals surface area contributed by atoms with Crippen LogP contribution in [0, 0.1) is 0 Å². The van der Waals surface area contributed by atoms with Crippen LogP contribution >= 0.6 is 0 Å². The Morgan fingerprint density at radius 2 is 2.07 bits per heavy atom. The van der Waals surface area contributed by atoms with Gasteiger partial charge < -0.3 is 11.1 Å². The Bertz CT molecular complexity index is 345. The standard InChI is InChI=1S/C11H16N2O/c1-7(2)13-9-4-5-11(12)10(6-9)8(3)14/h4-7,13H,12H2,1-3H3. The first-order chi connectivity index (χ1) is 6.50. The molecule has 0 aliphatic carbocycles. The zero-order valence-electron chi connectivity index (χ0n) is 8.79. The van der Waals surface area contributed by atoms with Gasteiger partial charge in [-0.05, 0) is 39.0 Å². The van der Waals surface area contributed by atoms with Gasteiger partial charge in [0.2, 0.25) is 0 Å². The minimum atomic E-state index is -0.00472. The molecule has 0 unspecified atom stereocenters. The van der Waals surface area contributed by atoms with Crippen LogP contribution in [0.5, 0.6) is 0 Å². The molecule has 0 aliphatic heterocycles. The number of Topliss-reactive ketones (excluding diaryl/α,β-unsaturated/α-hetero) is 1. The summed E-state index contributed by atoms with van der Waals surface area (Å²) in [7, 11) is 0. The van der Waals surface area contributed by atoms with Crippen molar-refractivity contribution in [1.29, 1.82) is 0 Å². The minimum Gasteiger partial charge on any atom is -0.398 e. The van der Waals surface area contributed by atoms with E-state index in [9.17, 15) is 4.79 Å². The molecule has 0 amide bonds. The van der Waals surface area contributed by atoms with Crippen molar-refractivity contribution in [2.75, 3.05) is 11.1 Å². The number of ketones is 1. The Kier molecular flexibility index (Phi) is 3.12. The molecule has 0 bridgehead atoms. The molecule has 0 saturated carbocycles. The van der Waals surface area contributed by atoms with Crippen LogP contribution in [0.25, 0.3) is 0 Å². The second-order valence-electron chi connectivity index (χ2n) is 3.66. The Morgan fingerprint density at radius 1 is 1.43 bits per heavy atom.